The van der Waals surface area contributed by atoms with E-state index in [1.54, 1.807) is 11.3 Å². The van der Waals surface area contributed by atoms with Crippen molar-refractivity contribution in [3.05, 3.63) is 82.6 Å². The van der Waals surface area contributed by atoms with Crippen molar-refractivity contribution in [1.82, 2.24) is 4.90 Å². The number of rotatable bonds is 5. The third kappa shape index (κ3) is 4.07. The fraction of sp³-hybridized carbons (Fsp3) is 0.304. The number of aliphatic hydroxyl groups excluding tert-OH is 1. The maximum absolute atomic E-state index is 10.6. The molecule has 2 aromatic carbocycles. The van der Waals surface area contributed by atoms with E-state index in [2.05, 4.69) is 58.8 Å². The van der Waals surface area contributed by atoms with Crippen molar-refractivity contribution in [2.45, 2.75) is 25.5 Å². The van der Waals surface area contributed by atoms with Gasteiger partial charge < -0.3 is 5.11 Å². The largest absolute Gasteiger partial charge is 0.383 e. The molecular weight excluding hydrogens is 338 g/mol. The maximum atomic E-state index is 10.6. The molecule has 0 saturated carbocycles. The van der Waals surface area contributed by atoms with Gasteiger partial charge in [0, 0.05) is 11.4 Å². The van der Waals surface area contributed by atoms with Crippen LogP contribution in [0.4, 0.5) is 0 Å². The molecule has 0 amide bonds. The number of aliphatic hydroxyl groups is 1. The first kappa shape index (κ1) is 17.5. The highest BCUT2D eigenvalue weighted by Gasteiger charge is 2.18. The molecule has 26 heavy (non-hydrogen) atoms. The second kappa shape index (κ2) is 8.17. The standard InChI is InChI=1S/C23H25NOS/c25-22(23-21-9-5-4-8-20(21)17-26-23)11-10-18-12-14-24(15-13-18)16-19-6-2-1-3-7-19/h1-11,17-18,22,25H,12-16H2. The number of allylic oxidation sites excluding steroid dienone is 1. The second-order valence-electron chi connectivity index (χ2n) is 7.12. The lowest BCUT2D eigenvalue weighted by molar-refractivity contribution is 0.193. The van der Waals surface area contributed by atoms with E-state index in [9.17, 15) is 5.11 Å². The van der Waals surface area contributed by atoms with Gasteiger partial charge in [0.05, 0.1) is 0 Å². The topological polar surface area (TPSA) is 23.5 Å². The molecule has 2 heterocycles. The first-order valence-corrected chi connectivity index (χ1v) is 10.3. The first-order valence-electron chi connectivity index (χ1n) is 9.38. The van der Waals surface area contributed by atoms with Crippen LogP contribution in [-0.4, -0.2) is 23.1 Å². The van der Waals surface area contributed by atoms with E-state index in [4.69, 9.17) is 0 Å². The van der Waals surface area contributed by atoms with Gasteiger partial charge in [-0.15, -0.1) is 11.3 Å². The number of benzene rings is 2. The van der Waals surface area contributed by atoms with Gasteiger partial charge in [-0.1, -0.05) is 66.7 Å². The van der Waals surface area contributed by atoms with Crippen LogP contribution in [0.3, 0.4) is 0 Å². The van der Waals surface area contributed by atoms with Gasteiger partial charge in [0.1, 0.15) is 6.10 Å². The van der Waals surface area contributed by atoms with E-state index >= 15 is 0 Å². The van der Waals surface area contributed by atoms with Crippen LogP contribution >= 0.6 is 11.3 Å². The predicted molar refractivity (Wildman–Crippen MR) is 110 cm³/mol. The third-order valence-electron chi connectivity index (χ3n) is 5.25. The Hall–Kier alpha value is -1.94. The van der Waals surface area contributed by atoms with E-state index in [1.807, 2.05) is 18.2 Å². The van der Waals surface area contributed by atoms with Crippen molar-refractivity contribution in [2.75, 3.05) is 13.1 Å². The lowest BCUT2D eigenvalue weighted by Gasteiger charge is -2.30. The van der Waals surface area contributed by atoms with Gasteiger partial charge in [-0.3, -0.25) is 4.90 Å². The molecule has 1 aliphatic rings. The molecule has 0 radical (unpaired) electrons. The Morgan fingerprint density at radius 1 is 1.04 bits per heavy atom. The Bertz CT molecular complexity index is 862. The predicted octanol–water partition coefficient (Wildman–Crippen LogP) is 5.40. The van der Waals surface area contributed by atoms with Gasteiger partial charge in [-0.2, -0.15) is 0 Å². The van der Waals surface area contributed by atoms with E-state index < -0.39 is 6.10 Å². The zero-order valence-corrected chi connectivity index (χ0v) is 15.7. The average Bonchev–Trinajstić information content (AvgIpc) is 3.12. The molecule has 3 heteroatoms. The summed E-state index contributed by atoms with van der Waals surface area (Å²) < 4.78 is 0. The molecule has 1 unspecified atom stereocenters. The zero-order chi connectivity index (χ0) is 17.8. The van der Waals surface area contributed by atoms with Crippen molar-refractivity contribution < 1.29 is 5.11 Å². The third-order valence-corrected chi connectivity index (χ3v) is 6.34. The fourth-order valence-electron chi connectivity index (χ4n) is 3.74. The molecular formula is C23H25NOS. The van der Waals surface area contributed by atoms with Crippen molar-refractivity contribution in [3.8, 4) is 0 Å². The fourth-order valence-corrected chi connectivity index (χ4v) is 4.73. The van der Waals surface area contributed by atoms with Crippen LogP contribution in [0.15, 0.2) is 72.1 Å². The number of hydrogen-bond donors (Lipinski definition) is 1. The smallest absolute Gasteiger partial charge is 0.107 e. The number of piperidine rings is 1. The minimum atomic E-state index is -0.498. The zero-order valence-electron chi connectivity index (χ0n) is 14.9. The van der Waals surface area contributed by atoms with Crippen LogP contribution < -0.4 is 0 Å². The van der Waals surface area contributed by atoms with Gasteiger partial charge in [0.2, 0.25) is 0 Å². The Morgan fingerprint density at radius 3 is 2.58 bits per heavy atom. The summed E-state index contributed by atoms with van der Waals surface area (Å²) >= 11 is 1.65. The Balaban J connectivity index is 1.32. The van der Waals surface area contributed by atoms with Gasteiger partial charge in [0.25, 0.3) is 0 Å². The van der Waals surface area contributed by atoms with Crippen molar-refractivity contribution >= 4 is 22.1 Å². The molecule has 1 aromatic heterocycles. The molecule has 2 nitrogen and oxygen atoms in total. The summed E-state index contributed by atoms with van der Waals surface area (Å²) in [5, 5.41) is 15.1. The molecule has 1 N–H and O–H groups in total. The van der Waals surface area contributed by atoms with E-state index in [0.29, 0.717) is 5.92 Å². The Kier molecular flexibility index (Phi) is 5.49. The van der Waals surface area contributed by atoms with Crippen LogP contribution in [0.5, 0.6) is 0 Å². The van der Waals surface area contributed by atoms with E-state index in [1.165, 1.54) is 29.2 Å². The van der Waals surface area contributed by atoms with Crippen molar-refractivity contribution in [1.29, 1.82) is 0 Å². The molecule has 0 aliphatic carbocycles. The molecule has 0 bridgehead atoms. The summed E-state index contributed by atoms with van der Waals surface area (Å²) in [4.78, 5) is 3.58. The average molecular weight is 364 g/mol. The molecule has 134 valence electrons. The lowest BCUT2D eigenvalue weighted by atomic mass is 9.95. The van der Waals surface area contributed by atoms with Crippen LogP contribution in [0.2, 0.25) is 0 Å². The number of nitrogens with zero attached hydrogens (tertiary/aromatic N) is 1. The number of likely N-dealkylation sites (tertiary alicyclic amines) is 1. The second-order valence-corrected chi connectivity index (χ2v) is 8.03. The minimum absolute atomic E-state index is 0.498. The molecule has 1 saturated heterocycles. The molecule has 1 atom stereocenters. The van der Waals surface area contributed by atoms with Gasteiger partial charge in [-0.05, 0) is 53.6 Å². The highest BCUT2D eigenvalue weighted by atomic mass is 32.1. The highest BCUT2D eigenvalue weighted by Crippen LogP contribution is 2.32. The minimum Gasteiger partial charge on any atom is -0.383 e. The summed E-state index contributed by atoms with van der Waals surface area (Å²) in [5.41, 5.74) is 1.39. The quantitative estimate of drug-likeness (QED) is 0.613. The normalized spacial score (nSPS) is 17.9. The molecule has 1 fully saturated rings. The van der Waals surface area contributed by atoms with Gasteiger partial charge >= 0.3 is 0 Å². The Morgan fingerprint density at radius 2 is 1.77 bits per heavy atom. The molecule has 1 aliphatic heterocycles. The van der Waals surface area contributed by atoms with Crippen LogP contribution in [-0.2, 0) is 6.54 Å². The van der Waals surface area contributed by atoms with Crippen LogP contribution in [0.25, 0.3) is 10.8 Å². The monoisotopic (exact) mass is 363 g/mol. The van der Waals surface area contributed by atoms with Crippen LogP contribution in [0.1, 0.15) is 29.4 Å². The van der Waals surface area contributed by atoms with Gasteiger partial charge in [-0.25, -0.2) is 0 Å². The molecule has 3 aromatic rings. The summed E-state index contributed by atoms with van der Waals surface area (Å²) in [5.74, 6) is 0.572. The highest BCUT2D eigenvalue weighted by molar-refractivity contribution is 7.11. The van der Waals surface area contributed by atoms with E-state index in [-0.39, 0.29) is 0 Å². The SMILES string of the molecule is OC(C=CC1CCN(Cc2ccccc2)CC1)c1scc2ccccc12. The van der Waals surface area contributed by atoms with Crippen LogP contribution in [0, 0.1) is 5.92 Å². The van der Waals surface area contributed by atoms with Crippen molar-refractivity contribution in [3.63, 3.8) is 0 Å². The Labute approximate surface area is 159 Å². The molecule has 0 spiro atoms. The van der Waals surface area contributed by atoms with Gasteiger partial charge in [0.15, 0.2) is 0 Å². The lowest BCUT2D eigenvalue weighted by Crippen LogP contribution is -2.32. The number of fused-ring (bicyclic) bond motifs is 1. The summed E-state index contributed by atoms with van der Waals surface area (Å²) in [6, 6.07) is 19.0. The van der Waals surface area contributed by atoms with Crippen molar-refractivity contribution in [2.24, 2.45) is 5.92 Å². The maximum Gasteiger partial charge on any atom is 0.107 e. The summed E-state index contributed by atoms with van der Waals surface area (Å²) in [7, 11) is 0. The summed E-state index contributed by atoms with van der Waals surface area (Å²) in [6.07, 6.45) is 6.07. The molecule has 4 rings (SSSR count). The number of hydrogen-bond acceptors (Lipinski definition) is 3. The van der Waals surface area contributed by atoms with E-state index in [0.717, 1.165) is 24.5 Å². The first-order chi connectivity index (χ1) is 12.8. The summed E-state index contributed by atoms with van der Waals surface area (Å²) in [6.45, 7) is 3.30. The number of thiophene rings is 1.